The highest BCUT2D eigenvalue weighted by Crippen LogP contribution is 2.33. The van der Waals surface area contributed by atoms with Crippen LogP contribution in [0.5, 0.6) is 5.75 Å². The average molecular weight is 383 g/mol. The van der Waals surface area contributed by atoms with Crippen molar-refractivity contribution < 1.29 is 22.7 Å². The van der Waals surface area contributed by atoms with Gasteiger partial charge in [0.2, 0.25) is 5.95 Å². The van der Waals surface area contributed by atoms with Gasteiger partial charge in [-0.05, 0) is 18.6 Å². The molecule has 1 saturated heterocycles. The fourth-order valence-electron chi connectivity index (χ4n) is 2.72. The first kappa shape index (κ1) is 19.3. The van der Waals surface area contributed by atoms with Gasteiger partial charge in [-0.3, -0.25) is 4.84 Å². The smallest absolute Gasteiger partial charge is 0.416 e. The number of halogens is 3. The molecule has 2 aromatic rings. The number of hydrogen-bond donors (Lipinski definition) is 1. The van der Waals surface area contributed by atoms with Crippen molar-refractivity contribution in [1.29, 1.82) is 0 Å². The van der Waals surface area contributed by atoms with Crippen molar-refractivity contribution in [1.82, 2.24) is 15.0 Å². The number of hydrogen-bond acceptors (Lipinski definition) is 7. The highest BCUT2D eigenvalue weighted by atomic mass is 19.4. The fraction of sp³-hybridized carbons (Fsp3) is 0.412. The molecule has 1 fully saturated rings. The van der Waals surface area contributed by atoms with Crippen LogP contribution in [0.2, 0.25) is 0 Å². The van der Waals surface area contributed by atoms with E-state index >= 15 is 0 Å². The van der Waals surface area contributed by atoms with Crippen LogP contribution in [0, 0.1) is 6.92 Å². The maximum absolute atomic E-state index is 13.2. The van der Waals surface area contributed by atoms with Crippen LogP contribution < -0.4 is 15.4 Å². The molecule has 2 N–H and O–H groups in total. The Labute approximate surface area is 154 Å². The maximum atomic E-state index is 13.2. The van der Waals surface area contributed by atoms with Crippen LogP contribution >= 0.6 is 0 Å². The van der Waals surface area contributed by atoms with Crippen LogP contribution in [0.4, 0.5) is 19.1 Å². The lowest BCUT2D eigenvalue weighted by Gasteiger charge is -2.33. The Kier molecular flexibility index (Phi) is 5.78. The fourth-order valence-corrected chi connectivity index (χ4v) is 2.72. The second-order valence-electron chi connectivity index (χ2n) is 6.01. The molecule has 0 atom stereocenters. The number of ether oxygens (including phenoxy) is 1. The van der Waals surface area contributed by atoms with Crippen molar-refractivity contribution in [3.8, 4) is 5.75 Å². The van der Waals surface area contributed by atoms with Gasteiger partial charge in [-0.2, -0.15) is 18.2 Å². The Morgan fingerprint density at radius 1 is 1.26 bits per heavy atom. The van der Waals surface area contributed by atoms with Crippen molar-refractivity contribution in [2.45, 2.75) is 19.7 Å². The minimum Gasteiger partial charge on any atom is -0.486 e. The van der Waals surface area contributed by atoms with Gasteiger partial charge in [-0.1, -0.05) is 12.1 Å². The molecule has 0 unspecified atom stereocenters. The largest absolute Gasteiger partial charge is 0.486 e. The summed E-state index contributed by atoms with van der Waals surface area (Å²) >= 11 is 0. The molecule has 0 amide bonds. The highest BCUT2D eigenvalue weighted by Gasteiger charge is 2.33. The number of benzene rings is 1. The zero-order chi connectivity index (χ0) is 19.4. The summed E-state index contributed by atoms with van der Waals surface area (Å²) in [5.41, 5.74) is 5.46. The van der Waals surface area contributed by atoms with E-state index in [4.69, 9.17) is 15.3 Å². The zero-order valence-corrected chi connectivity index (χ0v) is 14.7. The minimum absolute atomic E-state index is 0.0980. The van der Waals surface area contributed by atoms with Crippen molar-refractivity contribution in [3.05, 3.63) is 47.3 Å². The summed E-state index contributed by atoms with van der Waals surface area (Å²) in [7, 11) is 0. The lowest BCUT2D eigenvalue weighted by molar-refractivity contribution is -0.172. The summed E-state index contributed by atoms with van der Waals surface area (Å²) in [6.07, 6.45) is -1.55. The molecule has 10 heteroatoms. The van der Waals surface area contributed by atoms with Crippen LogP contribution in [-0.4, -0.2) is 41.5 Å². The maximum Gasteiger partial charge on any atom is 0.416 e. The molecule has 0 bridgehead atoms. The second-order valence-corrected chi connectivity index (χ2v) is 6.01. The molecular weight excluding hydrogens is 363 g/mol. The predicted octanol–water partition coefficient (Wildman–Crippen LogP) is 2.31. The van der Waals surface area contributed by atoms with Crippen LogP contribution in [0.1, 0.15) is 16.7 Å². The summed E-state index contributed by atoms with van der Waals surface area (Å²) in [6.45, 7) is 3.14. The van der Waals surface area contributed by atoms with E-state index in [1.165, 1.54) is 18.5 Å². The second kappa shape index (κ2) is 8.07. The molecular formula is C17H20F3N5O2. The molecule has 1 aromatic carbocycles. The zero-order valence-electron chi connectivity index (χ0n) is 14.7. The molecule has 3 rings (SSSR count). The molecule has 146 valence electrons. The van der Waals surface area contributed by atoms with E-state index in [-0.39, 0.29) is 18.8 Å². The van der Waals surface area contributed by atoms with E-state index in [1.54, 1.807) is 18.1 Å². The summed E-state index contributed by atoms with van der Waals surface area (Å²) in [6, 6.07) is 4.05. The molecule has 0 spiro atoms. The van der Waals surface area contributed by atoms with E-state index in [9.17, 15) is 13.2 Å². The van der Waals surface area contributed by atoms with E-state index in [0.717, 1.165) is 6.07 Å². The van der Waals surface area contributed by atoms with Crippen LogP contribution in [0.25, 0.3) is 0 Å². The van der Waals surface area contributed by atoms with E-state index in [1.807, 2.05) is 4.90 Å². The number of aromatic nitrogens is 2. The molecule has 2 heterocycles. The molecule has 7 nitrogen and oxygen atoms in total. The van der Waals surface area contributed by atoms with Gasteiger partial charge in [0, 0.05) is 12.1 Å². The molecule has 0 radical (unpaired) electrons. The number of nitrogens with zero attached hydrogens (tertiary/aromatic N) is 4. The Bertz CT molecular complexity index is 770. The molecule has 1 aliphatic heterocycles. The van der Waals surface area contributed by atoms with Gasteiger partial charge in [-0.25, -0.2) is 9.97 Å². The molecule has 1 aromatic heterocycles. The predicted molar refractivity (Wildman–Crippen MR) is 91.6 cm³/mol. The Hall–Kier alpha value is -2.43. The normalized spacial score (nSPS) is 15.8. The van der Waals surface area contributed by atoms with Gasteiger partial charge in [0.15, 0.2) is 5.75 Å². The van der Waals surface area contributed by atoms with E-state index < -0.39 is 11.7 Å². The van der Waals surface area contributed by atoms with Crippen molar-refractivity contribution >= 4 is 5.95 Å². The lowest BCUT2D eigenvalue weighted by Crippen LogP contribution is -2.48. The number of anilines is 1. The standard InChI is InChI=1S/C17H20F3N5O2/c1-12-3-2-4-15(17(18,19)20)14(12)9-26-13-7-22-16(23-8-13)24-5-6-27-25(10-21)11-24/h2-4,7-8H,5-6,9-11,21H2,1H3. The average Bonchev–Trinajstić information content (AvgIpc) is 2.66. The summed E-state index contributed by atoms with van der Waals surface area (Å²) in [4.78, 5) is 15.7. The van der Waals surface area contributed by atoms with Gasteiger partial charge >= 0.3 is 6.18 Å². The topological polar surface area (TPSA) is 76.7 Å². The molecule has 0 saturated carbocycles. The van der Waals surface area contributed by atoms with Gasteiger partial charge < -0.3 is 15.4 Å². The number of rotatable bonds is 5. The van der Waals surface area contributed by atoms with Crippen LogP contribution in [-0.2, 0) is 17.6 Å². The third-order valence-electron chi connectivity index (χ3n) is 4.16. The van der Waals surface area contributed by atoms with Crippen molar-refractivity contribution in [3.63, 3.8) is 0 Å². The number of hydroxylamine groups is 2. The lowest BCUT2D eigenvalue weighted by atomic mass is 10.0. The number of alkyl halides is 3. The van der Waals surface area contributed by atoms with Crippen molar-refractivity contribution in [2.24, 2.45) is 5.73 Å². The van der Waals surface area contributed by atoms with Crippen LogP contribution in [0.15, 0.2) is 30.6 Å². The first-order valence-electron chi connectivity index (χ1n) is 8.32. The van der Waals surface area contributed by atoms with E-state index in [0.29, 0.717) is 37.1 Å². The SMILES string of the molecule is Cc1cccc(C(F)(F)F)c1COc1cnc(N2CCON(CN)C2)nc1. The highest BCUT2D eigenvalue weighted by molar-refractivity contribution is 5.37. The third kappa shape index (κ3) is 4.65. The Morgan fingerprint density at radius 3 is 2.67 bits per heavy atom. The molecule has 1 aliphatic rings. The number of aryl methyl sites for hydroxylation is 1. The summed E-state index contributed by atoms with van der Waals surface area (Å²) < 4.78 is 45.0. The molecule has 27 heavy (non-hydrogen) atoms. The van der Waals surface area contributed by atoms with Crippen LogP contribution in [0.3, 0.4) is 0 Å². The van der Waals surface area contributed by atoms with Gasteiger partial charge in [0.25, 0.3) is 0 Å². The Balaban J connectivity index is 1.68. The monoisotopic (exact) mass is 383 g/mol. The Morgan fingerprint density at radius 2 is 2.00 bits per heavy atom. The van der Waals surface area contributed by atoms with Gasteiger partial charge in [-0.15, -0.1) is 0 Å². The van der Waals surface area contributed by atoms with Gasteiger partial charge in [0.1, 0.15) is 6.61 Å². The van der Waals surface area contributed by atoms with Gasteiger partial charge in [0.05, 0.1) is 37.9 Å². The van der Waals surface area contributed by atoms with E-state index in [2.05, 4.69) is 9.97 Å². The first-order valence-corrected chi connectivity index (χ1v) is 8.32. The minimum atomic E-state index is -4.43. The van der Waals surface area contributed by atoms with Crippen molar-refractivity contribution in [2.75, 3.05) is 31.4 Å². The number of nitrogens with two attached hydrogens (primary N) is 1. The quantitative estimate of drug-likeness (QED) is 0.849. The first-order chi connectivity index (χ1) is 12.9. The third-order valence-corrected chi connectivity index (χ3v) is 4.16. The molecule has 0 aliphatic carbocycles. The summed E-state index contributed by atoms with van der Waals surface area (Å²) in [5, 5.41) is 1.58. The summed E-state index contributed by atoms with van der Waals surface area (Å²) in [5.74, 6) is 0.759.